The van der Waals surface area contributed by atoms with Gasteiger partial charge in [-0.15, -0.1) is 0 Å². The molecule has 1 aliphatic rings. The minimum absolute atomic E-state index is 0.0141. The monoisotopic (exact) mass is 235 g/mol. The number of carbonyl (C=O) groups excluding carboxylic acids is 1. The van der Waals surface area contributed by atoms with Gasteiger partial charge >= 0.3 is 0 Å². The topological polar surface area (TPSA) is 43.1 Å². The van der Waals surface area contributed by atoms with E-state index in [9.17, 15) is 4.79 Å². The largest absolute Gasteiger partial charge is 0.439 e. The summed E-state index contributed by atoms with van der Waals surface area (Å²) in [5.74, 6) is 1.18. The molecule has 0 bridgehead atoms. The van der Waals surface area contributed by atoms with Crippen molar-refractivity contribution in [2.75, 3.05) is 0 Å². The molecule has 0 radical (unpaired) electrons. The number of nitrogens with zero attached hydrogens (tertiary/aromatic N) is 1. The molecule has 0 amide bonds. The summed E-state index contributed by atoms with van der Waals surface area (Å²) in [6, 6.07) is 3.37. The predicted octanol–water partition coefficient (Wildman–Crippen LogP) is 3.56. The quantitative estimate of drug-likeness (QED) is 0.748. The van der Waals surface area contributed by atoms with E-state index in [1.54, 1.807) is 12.1 Å². The molecule has 1 aromatic heterocycles. The number of Topliss-reactive ketones (excluding diaryl/α,β-unsaturated/α-hetero) is 1. The van der Waals surface area contributed by atoms with E-state index in [0.717, 1.165) is 18.7 Å². The Morgan fingerprint density at radius 2 is 2.25 bits per heavy atom. The highest BCUT2D eigenvalue weighted by Gasteiger charge is 2.29. The van der Waals surface area contributed by atoms with E-state index in [-0.39, 0.29) is 5.78 Å². The van der Waals surface area contributed by atoms with E-state index >= 15 is 0 Å². The first-order valence-corrected chi connectivity index (χ1v) is 5.64. The smallest absolute Gasteiger partial charge is 0.198 e. The molecule has 4 heteroatoms. The van der Waals surface area contributed by atoms with Gasteiger partial charge in [0.2, 0.25) is 0 Å². The van der Waals surface area contributed by atoms with Gasteiger partial charge in [-0.05, 0) is 31.9 Å². The summed E-state index contributed by atoms with van der Waals surface area (Å²) in [6.07, 6.45) is 2.26. The van der Waals surface area contributed by atoms with Crippen LogP contribution in [0.3, 0.4) is 0 Å². The highest BCUT2D eigenvalue weighted by Crippen LogP contribution is 2.41. The number of ketones is 1. The molecule has 0 spiro atoms. The van der Waals surface area contributed by atoms with Gasteiger partial charge in [0.15, 0.2) is 17.3 Å². The molecule has 16 heavy (non-hydrogen) atoms. The maximum absolute atomic E-state index is 11.3. The van der Waals surface area contributed by atoms with E-state index in [2.05, 4.69) is 4.98 Å². The number of halogens is 1. The zero-order valence-electron chi connectivity index (χ0n) is 8.79. The molecule has 82 valence electrons. The summed E-state index contributed by atoms with van der Waals surface area (Å²) in [5, 5.41) is 0.460. The third-order valence-corrected chi connectivity index (χ3v) is 3.08. The Hall–Kier alpha value is -1.35. The van der Waals surface area contributed by atoms with E-state index < -0.39 is 0 Å². The van der Waals surface area contributed by atoms with Crippen LogP contribution in [0.1, 0.15) is 41.9 Å². The average molecular weight is 236 g/mol. The number of oxazole rings is 1. The van der Waals surface area contributed by atoms with Gasteiger partial charge in [-0.3, -0.25) is 4.79 Å². The van der Waals surface area contributed by atoms with Crippen LogP contribution in [0.15, 0.2) is 16.5 Å². The first-order chi connectivity index (χ1) is 7.65. The Morgan fingerprint density at radius 1 is 1.50 bits per heavy atom. The molecule has 1 heterocycles. The number of benzene rings is 1. The van der Waals surface area contributed by atoms with Gasteiger partial charge in [-0.1, -0.05) is 11.6 Å². The van der Waals surface area contributed by atoms with Crippen molar-refractivity contribution in [2.24, 2.45) is 0 Å². The molecule has 0 atom stereocenters. The van der Waals surface area contributed by atoms with Gasteiger partial charge in [0.25, 0.3) is 0 Å². The Kier molecular flexibility index (Phi) is 2.04. The number of fused-ring (bicyclic) bond motifs is 1. The van der Waals surface area contributed by atoms with Crippen LogP contribution in [-0.2, 0) is 0 Å². The Morgan fingerprint density at radius 3 is 2.88 bits per heavy atom. The highest BCUT2D eigenvalue weighted by molar-refractivity contribution is 6.35. The van der Waals surface area contributed by atoms with Gasteiger partial charge in [-0.2, -0.15) is 0 Å². The summed E-state index contributed by atoms with van der Waals surface area (Å²) in [6.45, 7) is 1.51. The van der Waals surface area contributed by atoms with Crippen LogP contribution < -0.4 is 0 Å². The maximum atomic E-state index is 11.3. The third kappa shape index (κ3) is 1.52. The van der Waals surface area contributed by atoms with Gasteiger partial charge in [0.05, 0.1) is 5.02 Å². The third-order valence-electron chi connectivity index (χ3n) is 2.79. The molecule has 1 saturated carbocycles. The van der Waals surface area contributed by atoms with Crippen molar-refractivity contribution in [2.45, 2.75) is 25.7 Å². The van der Waals surface area contributed by atoms with Crippen molar-refractivity contribution in [3.05, 3.63) is 28.6 Å². The fourth-order valence-corrected chi connectivity index (χ4v) is 1.97. The first-order valence-electron chi connectivity index (χ1n) is 5.26. The zero-order valence-corrected chi connectivity index (χ0v) is 9.54. The van der Waals surface area contributed by atoms with Crippen molar-refractivity contribution in [3.63, 3.8) is 0 Å². The van der Waals surface area contributed by atoms with E-state index in [4.69, 9.17) is 16.0 Å². The van der Waals surface area contributed by atoms with Crippen LogP contribution in [0.2, 0.25) is 5.02 Å². The molecule has 1 fully saturated rings. The molecule has 0 aliphatic heterocycles. The molecule has 3 nitrogen and oxygen atoms in total. The molecule has 0 N–H and O–H groups in total. The van der Waals surface area contributed by atoms with Crippen molar-refractivity contribution < 1.29 is 9.21 Å². The van der Waals surface area contributed by atoms with E-state index in [0.29, 0.717) is 27.6 Å². The number of hydrogen-bond donors (Lipinski definition) is 0. The highest BCUT2D eigenvalue weighted by atomic mass is 35.5. The first kappa shape index (κ1) is 9.85. The molecule has 3 rings (SSSR count). The predicted molar refractivity (Wildman–Crippen MR) is 61.0 cm³/mol. The van der Waals surface area contributed by atoms with Crippen molar-refractivity contribution in [1.82, 2.24) is 4.98 Å². The summed E-state index contributed by atoms with van der Waals surface area (Å²) < 4.78 is 5.60. The van der Waals surface area contributed by atoms with Crippen molar-refractivity contribution in [3.8, 4) is 0 Å². The van der Waals surface area contributed by atoms with Gasteiger partial charge in [-0.25, -0.2) is 4.98 Å². The molecule has 1 aromatic carbocycles. The lowest BCUT2D eigenvalue weighted by molar-refractivity contribution is 0.101. The molecule has 1 aliphatic carbocycles. The Labute approximate surface area is 97.4 Å². The second-order valence-corrected chi connectivity index (χ2v) is 4.60. The van der Waals surface area contributed by atoms with Crippen LogP contribution in [0.5, 0.6) is 0 Å². The van der Waals surface area contributed by atoms with Crippen LogP contribution in [-0.4, -0.2) is 10.8 Å². The summed E-state index contributed by atoms with van der Waals surface area (Å²) in [7, 11) is 0. The van der Waals surface area contributed by atoms with Gasteiger partial charge < -0.3 is 4.42 Å². The minimum Gasteiger partial charge on any atom is -0.439 e. The van der Waals surface area contributed by atoms with E-state index in [1.165, 1.54) is 6.92 Å². The number of aromatic nitrogens is 1. The summed E-state index contributed by atoms with van der Waals surface area (Å²) >= 11 is 6.06. The Balaban J connectivity index is 2.21. The maximum Gasteiger partial charge on any atom is 0.198 e. The molecule has 0 saturated heterocycles. The van der Waals surface area contributed by atoms with Crippen LogP contribution in [0.4, 0.5) is 0 Å². The van der Waals surface area contributed by atoms with Gasteiger partial charge in [0.1, 0.15) is 5.52 Å². The van der Waals surface area contributed by atoms with Crippen molar-refractivity contribution in [1.29, 1.82) is 0 Å². The molecule has 2 aromatic rings. The number of rotatable bonds is 2. The average Bonchev–Trinajstić information content (AvgIpc) is 2.98. The SMILES string of the molecule is CC(=O)c1cc(Cl)c2oc(C3CC3)nc2c1. The standard InChI is InChI=1S/C12H10ClNO2/c1-6(15)8-4-9(13)11-10(5-8)14-12(16-11)7-2-3-7/h4-5,7H,2-3H2,1H3. The summed E-state index contributed by atoms with van der Waals surface area (Å²) in [4.78, 5) is 15.7. The minimum atomic E-state index is -0.0141. The molecular weight excluding hydrogens is 226 g/mol. The lowest BCUT2D eigenvalue weighted by atomic mass is 10.1. The number of carbonyl (C=O) groups is 1. The van der Waals surface area contributed by atoms with Crippen molar-refractivity contribution >= 4 is 28.5 Å². The lowest BCUT2D eigenvalue weighted by Gasteiger charge is -1.96. The Bertz CT molecular complexity index is 584. The van der Waals surface area contributed by atoms with Crippen LogP contribution >= 0.6 is 11.6 Å². The fourth-order valence-electron chi connectivity index (χ4n) is 1.72. The molecular formula is C12H10ClNO2. The molecule has 0 unspecified atom stereocenters. The lowest BCUT2D eigenvalue weighted by Crippen LogP contribution is -1.91. The fraction of sp³-hybridized carbons (Fsp3) is 0.333. The van der Waals surface area contributed by atoms with Crippen LogP contribution in [0, 0.1) is 0 Å². The summed E-state index contributed by atoms with van der Waals surface area (Å²) in [5.41, 5.74) is 1.85. The second-order valence-electron chi connectivity index (χ2n) is 4.19. The second kappa shape index (κ2) is 3.32. The zero-order chi connectivity index (χ0) is 11.3. The van der Waals surface area contributed by atoms with Gasteiger partial charge in [0, 0.05) is 11.5 Å². The van der Waals surface area contributed by atoms with Crippen LogP contribution in [0.25, 0.3) is 11.1 Å². The number of hydrogen-bond acceptors (Lipinski definition) is 3. The normalized spacial score (nSPS) is 15.6. The van der Waals surface area contributed by atoms with E-state index in [1.807, 2.05) is 0 Å².